The van der Waals surface area contributed by atoms with Gasteiger partial charge in [0.05, 0.1) is 10.6 Å². The molecular formula is C19H29N5O3S2. The van der Waals surface area contributed by atoms with Crippen molar-refractivity contribution in [3.8, 4) is 11.4 Å². The molecule has 0 aliphatic carbocycles. The van der Waals surface area contributed by atoms with Gasteiger partial charge in [-0.2, -0.15) is 4.31 Å². The number of hydrogen-bond acceptors (Lipinski definition) is 6. The zero-order chi connectivity index (χ0) is 21.6. The van der Waals surface area contributed by atoms with Crippen LogP contribution in [0.2, 0.25) is 0 Å². The molecule has 0 fully saturated rings. The summed E-state index contributed by atoms with van der Waals surface area (Å²) in [5, 5.41) is 11.8. The molecule has 0 saturated heterocycles. The van der Waals surface area contributed by atoms with E-state index in [0.29, 0.717) is 29.6 Å². The molecule has 10 heteroatoms. The number of nitrogens with zero attached hydrogens (tertiary/aromatic N) is 4. The van der Waals surface area contributed by atoms with E-state index in [2.05, 4.69) is 22.4 Å². The van der Waals surface area contributed by atoms with E-state index in [1.807, 2.05) is 31.4 Å². The monoisotopic (exact) mass is 439 g/mol. The summed E-state index contributed by atoms with van der Waals surface area (Å²) in [7, 11) is -1.98. The number of nitrogens with one attached hydrogen (secondary N) is 1. The summed E-state index contributed by atoms with van der Waals surface area (Å²) in [6.07, 6.45) is 0.843. The molecule has 2 aromatic rings. The molecule has 160 valence electrons. The van der Waals surface area contributed by atoms with E-state index in [-0.39, 0.29) is 22.6 Å². The van der Waals surface area contributed by atoms with Crippen LogP contribution in [0.1, 0.15) is 40.2 Å². The van der Waals surface area contributed by atoms with Crippen molar-refractivity contribution in [2.24, 2.45) is 0 Å². The smallest absolute Gasteiger partial charge is 0.243 e. The molecule has 0 bridgehead atoms. The minimum atomic E-state index is -3.57. The van der Waals surface area contributed by atoms with Crippen molar-refractivity contribution in [3.63, 3.8) is 0 Å². The van der Waals surface area contributed by atoms with E-state index in [0.717, 1.165) is 6.42 Å². The first-order valence-corrected chi connectivity index (χ1v) is 12.1. The average molecular weight is 440 g/mol. The van der Waals surface area contributed by atoms with E-state index < -0.39 is 10.0 Å². The Kier molecular flexibility index (Phi) is 8.23. The lowest BCUT2D eigenvalue weighted by Gasteiger charge is -2.19. The standard InChI is InChI=1S/C19H29N5O3S2/c1-6-14(4)24-18(21-22-19(24)28-13-17(25)20-5)15-10-9-11-16(12-15)29(26,27)23(7-2)8-3/h9-12,14H,6-8,13H2,1-5H3,(H,20,25). The van der Waals surface area contributed by atoms with E-state index in [4.69, 9.17) is 0 Å². The molecule has 8 nitrogen and oxygen atoms in total. The highest BCUT2D eigenvalue weighted by Gasteiger charge is 2.24. The fourth-order valence-electron chi connectivity index (χ4n) is 2.86. The number of carbonyl (C=O) groups excluding carboxylic acids is 1. The number of rotatable bonds is 10. The molecule has 1 heterocycles. The summed E-state index contributed by atoms with van der Waals surface area (Å²) in [5.41, 5.74) is 0.679. The number of aromatic nitrogens is 3. The maximum atomic E-state index is 12.9. The van der Waals surface area contributed by atoms with E-state index >= 15 is 0 Å². The summed E-state index contributed by atoms with van der Waals surface area (Å²) >= 11 is 1.31. The van der Waals surface area contributed by atoms with Crippen molar-refractivity contribution in [1.82, 2.24) is 24.4 Å². The summed E-state index contributed by atoms with van der Waals surface area (Å²) in [5.74, 6) is 0.736. The Hall–Kier alpha value is -1.91. The molecule has 1 N–H and O–H groups in total. The molecule has 1 atom stereocenters. The molecule has 0 saturated carbocycles. The molecule has 0 aliphatic rings. The predicted octanol–water partition coefficient (Wildman–Crippen LogP) is 2.78. The summed E-state index contributed by atoms with van der Waals surface area (Å²) in [6, 6.07) is 6.89. The highest BCUT2D eigenvalue weighted by molar-refractivity contribution is 7.99. The summed E-state index contributed by atoms with van der Waals surface area (Å²) < 4.78 is 29.2. The lowest BCUT2D eigenvalue weighted by molar-refractivity contribution is -0.118. The lowest BCUT2D eigenvalue weighted by Crippen LogP contribution is -2.30. The van der Waals surface area contributed by atoms with Crippen LogP contribution in [0.4, 0.5) is 0 Å². The van der Waals surface area contributed by atoms with Crippen LogP contribution in [0, 0.1) is 0 Å². The molecule has 0 radical (unpaired) electrons. The van der Waals surface area contributed by atoms with Crippen LogP contribution in [0.5, 0.6) is 0 Å². The Labute approximate surface area is 177 Å². The molecule has 1 aromatic heterocycles. The number of carbonyl (C=O) groups is 1. The maximum Gasteiger partial charge on any atom is 0.243 e. The van der Waals surface area contributed by atoms with Gasteiger partial charge in [0.15, 0.2) is 11.0 Å². The van der Waals surface area contributed by atoms with Crippen LogP contribution in [0.25, 0.3) is 11.4 Å². The lowest BCUT2D eigenvalue weighted by atomic mass is 10.2. The Morgan fingerprint density at radius 1 is 1.24 bits per heavy atom. The van der Waals surface area contributed by atoms with Gasteiger partial charge in [0, 0.05) is 31.7 Å². The minimum absolute atomic E-state index is 0.0928. The third kappa shape index (κ3) is 5.18. The van der Waals surface area contributed by atoms with Crippen LogP contribution in [-0.2, 0) is 14.8 Å². The zero-order valence-electron chi connectivity index (χ0n) is 17.5. The van der Waals surface area contributed by atoms with Crippen LogP contribution in [-0.4, -0.2) is 59.3 Å². The Balaban J connectivity index is 2.49. The highest BCUT2D eigenvalue weighted by Crippen LogP contribution is 2.30. The summed E-state index contributed by atoms with van der Waals surface area (Å²) in [6.45, 7) is 8.57. The third-order valence-electron chi connectivity index (χ3n) is 4.74. The number of amides is 1. The largest absolute Gasteiger partial charge is 0.358 e. The van der Waals surface area contributed by atoms with Crippen molar-refractivity contribution in [1.29, 1.82) is 0 Å². The quantitative estimate of drug-likeness (QED) is 0.572. The highest BCUT2D eigenvalue weighted by atomic mass is 32.2. The topological polar surface area (TPSA) is 97.2 Å². The van der Waals surface area contributed by atoms with Gasteiger partial charge >= 0.3 is 0 Å². The van der Waals surface area contributed by atoms with Crippen LogP contribution in [0.3, 0.4) is 0 Å². The van der Waals surface area contributed by atoms with Gasteiger partial charge in [0.2, 0.25) is 15.9 Å². The van der Waals surface area contributed by atoms with E-state index in [9.17, 15) is 13.2 Å². The molecule has 2 rings (SSSR count). The molecule has 0 spiro atoms. The maximum absolute atomic E-state index is 12.9. The Morgan fingerprint density at radius 2 is 1.93 bits per heavy atom. The Bertz CT molecular complexity index is 939. The Morgan fingerprint density at radius 3 is 2.52 bits per heavy atom. The van der Waals surface area contributed by atoms with Gasteiger partial charge in [0.25, 0.3) is 0 Å². The third-order valence-corrected chi connectivity index (χ3v) is 7.73. The fourth-order valence-corrected chi connectivity index (χ4v) is 5.28. The second-order valence-corrected chi connectivity index (χ2v) is 9.39. The number of benzene rings is 1. The van der Waals surface area contributed by atoms with Crippen molar-refractivity contribution < 1.29 is 13.2 Å². The van der Waals surface area contributed by atoms with Gasteiger partial charge in [-0.15, -0.1) is 10.2 Å². The van der Waals surface area contributed by atoms with Gasteiger partial charge in [-0.1, -0.05) is 44.7 Å². The van der Waals surface area contributed by atoms with Crippen molar-refractivity contribution in [2.45, 2.75) is 50.2 Å². The predicted molar refractivity (Wildman–Crippen MR) is 115 cm³/mol. The first kappa shape index (κ1) is 23.4. The van der Waals surface area contributed by atoms with E-state index in [1.54, 1.807) is 25.2 Å². The average Bonchev–Trinajstić information content (AvgIpc) is 3.16. The van der Waals surface area contributed by atoms with Crippen molar-refractivity contribution in [3.05, 3.63) is 24.3 Å². The molecule has 1 unspecified atom stereocenters. The second kappa shape index (κ2) is 10.2. The van der Waals surface area contributed by atoms with Gasteiger partial charge in [-0.25, -0.2) is 8.42 Å². The van der Waals surface area contributed by atoms with Crippen LogP contribution >= 0.6 is 11.8 Å². The second-order valence-electron chi connectivity index (χ2n) is 6.51. The number of sulfonamides is 1. The normalized spacial score (nSPS) is 12.9. The fraction of sp³-hybridized carbons (Fsp3) is 0.526. The minimum Gasteiger partial charge on any atom is -0.358 e. The molecule has 29 heavy (non-hydrogen) atoms. The van der Waals surface area contributed by atoms with Crippen LogP contribution < -0.4 is 5.32 Å². The van der Waals surface area contributed by atoms with Crippen molar-refractivity contribution >= 4 is 27.7 Å². The van der Waals surface area contributed by atoms with Gasteiger partial charge in [-0.05, 0) is 25.5 Å². The van der Waals surface area contributed by atoms with Gasteiger partial charge in [-0.3, -0.25) is 9.36 Å². The van der Waals surface area contributed by atoms with E-state index in [1.165, 1.54) is 16.1 Å². The number of hydrogen-bond donors (Lipinski definition) is 1. The van der Waals surface area contributed by atoms with Crippen LogP contribution in [0.15, 0.2) is 34.3 Å². The molecular weight excluding hydrogens is 410 g/mol. The van der Waals surface area contributed by atoms with Crippen molar-refractivity contribution in [2.75, 3.05) is 25.9 Å². The first-order chi connectivity index (χ1) is 13.8. The first-order valence-electron chi connectivity index (χ1n) is 9.68. The number of thioether (sulfide) groups is 1. The summed E-state index contributed by atoms with van der Waals surface area (Å²) in [4.78, 5) is 11.9. The SMILES string of the molecule is CCC(C)n1c(SCC(=O)NC)nnc1-c1cccc(S(=O)(=O)N(CC)CC)c1. The van der Waals surface area contributed by atoms with Gasteiger partial charge < -0.3 is 5.32 Å². The van der Waals surface area contributed by atoms with Gasteiger partial charge in [0.1, 0.15) is 0 Å². The molecule has 1 amide bonds. The zero-order valence-corrected chi connectivity index (χ0v) is 19.2. The molecule has 0 aliphatic heterocycles. The molecule has 1 aromatic carbocycles.